The first-order valence-electron chi connectivity index (χ1n) is 6.19. The number of aromatic nitrogens is 2. The molecule has 1 atom stereocenters. The van der Waals surface area contributed by atoms with Crippen LogP contribution in [0.1, 0.15) is 30.1 Å². The van der Waals surface area contributed by atoms with Crippen molar-refractivity contribution in [3.63, 3.8) is 0 Å². The molecule has 0 spiro atoms. The van der Waals surface area contributed by atoms with Crippen molar-refractivity contribution in [3.8, 4) is 0 Å². The van der Waals surface area contributed by atoms with Crippen LogP contribution in [0.2, 0.25) is 0 Å². The fourth-order valence-corrected chi connectivity index (χ4v) is 2.39. The van der Waals surface area contributed by atoms with Crippen molar-refractivity contribution < 1.29 is 17.9 Å². The minimum absolute atomic E-state index is 0.00816. The summed E-state index contributed by atoms with van der Waals surface area (Å²) in [6.07, 6.45) is -0.299. The second kappa shape index (κ2) is 5.83. The monoisotopic (exact) mass is 275 g/mol. The lowest BCUT2D eigenvalue weighted by Crippen LogP contribution is -2.27. The number of alkyl halides is 3. The van der Waals surface area contributed by atoms with E-state index in [1.807, 2.05) is 0 Å². The molecule has 0 aliphatic carbocycles. The highest BCUT2D eigenvalue weighted by molar-refractivity contribution is 5.14. The first kappa shape index (κ1) is 14.2. The van der Waals surface area contributed by atoms with Gasteiger partial charge in [0.2, 0.25) is 5.82 Å². The topological polar surface area (TPSA) is 61.0 Å². The van der Waals surface area contributed by atoms with Crippen LogP contribution in [0.3, 0.4) is 0 Å². The van der Waals surface area contributed by atoms with Crippen molar-refractivity contribution in [1.82, 2.24) is 9.97 Å². The third-order valence-electron chi connectivity index (χ3n) is 3.44. The normalized spacial score (nSPS) is 19.4. The smallest absolute Gasteiger partial charge is 0.381 e. The average Bonchev–Trinajstić information content (AvgIpc) is 2.40. The van der Waals surface area contributed by atoms with E-state index in [1.54, 1.807) is 0 Å². The van der Waals surface area contributed by atoms with Gasteiger partial charge in [-0.3, -0.25) is 0 Å². The molecule has 106 valence electrons. The Morgan fingerprint density at radius 2 is 1.84 bits per heavy atom. The maximum absolute atomic E-state index is 12.4. The Morgan fingerprint density at radius 3 is 2.32 bits per heavy atom. The number of ether oxygens (including phenoxy) is 1. The van der Waals surface area contributed by atoms with Gasteiger partial charge in [-0.25, -0.2) is 9.97 Å². The van der Waals surface area contributed by atoms with Gasteiger partial charge in [0.15, 0.2) is 0 Å². The van der Waals surface area contributed by atoms with Crippen LogP contribution in [0.4, 0.5) is 13.2 Å². The minimum Gasteiger partial charge on any atom is -0.381 e. The largest absolute Gasteiger partial charge is 0.451 e. The molecular weight excluding hydrogens is 259 g/mol. The van der Waals surface area contributed by atoms with Crippen LogP contribution in [-0.4, -0.2) is 29.7 Å². The molecule has 0 radical (unpaired) electrons. The molecule has 1 aromatic rings. The van der Waals surface area contributed by atoms with Gasteiger partial charge >= 0.3 is 6.18 Å². The summed E-state index contributed by atoms with van der Waals surface area (Å²) in [6.45, 7) is 1.71. The van der Waals surface area contributed by atoms with E-state index >= 15 is 0 Å². The third kappa shape index (κ3) is 3.42. The quantitative estimate of drug-likeness (QED) is 0.916. The van der Waals surface area contributed by atoms with Gasteiger partial charge in [0, 0.05) is 31.5 Å². The zero-order chi connectivity index (χ0) is 13.9. The molecule has 0 amide bonds. The Balaban J connectivity index is 2.14. The SMILES string of the molecule is NC[C@@H](c1cnc(C(F)(F)F)nc1)C1CCOCC1. The highest BCUT2D eigenvalue weighted by Gasteiger charge is 2.35. The second-order valence-electron chi connectivity index (χ2n) is 4.63. The highest BCUT2D eigenvalue weighted by Crippen LogP contribution is 2.32. The number of nitrogens with zero attached hydrogens (tertiary/aromatic N) is 2. The summed E-state index contributed by atoms with van der Waals surface area (Å²) in [5.74, 6) is -0.802. The van der Waals surface area contributed by atoms with Crippen molar-refractivity contribution in [2.24, 2.45) is 11.7 Å². The van der Waals surface area contributed by atoms with Crippen LogP contribution < -0.4 is 5.73 Å². The first-order chi connectivity index (χ1) is 9.02. The zero-order valence-electron chi connectivity index (χ0n) is 10.4. The van der Waals surface area contributed by atoms with Gasteiger partial charge in [0.1, 0.15) is 0 Å². The maximum atomic E-state index is 12.4. The highest BCUT2D eigenvalue weighted by atomic mass is 19.4. The maximum Gasteiger partial charge on any atom is 0.451 e. The average molecular weight is 275 g/mol. The predicted octanol–water partition coefficient (Wildman–Crippen LogP) is 1.96. The van der Waals surface area contributed by atoms with Gasteiger partial charge in [-0.1, -0.05) is 0 Å². The van der Waals surface area contributed by atoms with Crippen molar-refractivity contribution in [2.45, 2.75) is 24.9 Å². The van der Waals surface area contributed by atoms with Gasteiger partial charge in [-0.15, -0.1) is 0 Å². The lowest BCUT2D eigenvalue weighted by atomic mass is 9.82. The molecule has 7 heteroatoms. The van der Waals surface area contributed by atoms with E-state index in [0.29, 0.717) is 31.2 Å². The van der Waals surface area contributed by atoms with E-state index < -0.39 is 12.0 Å². The van der Waals surface area contributed by atoms with Crippen LogP contribution in [0.15, 0.2) is 12.4 Å². The molecule has 0 unspecified atom stereocenters. The van der Waals surface area contributed by atoms with Crippen LogP contribution in [0, 0.1) is 5.92 Å². The van der Waals surface area contributed by atoms with Crippen molar-refractivity contribution in [3.05, 3.63) is 23.8 Å². The van der Waals surface area contributed by atoms with Gasteiger partial charge < -0.3 is 10.5 Å². The molecule has 0 bridgehead atoms. The Bertz CT molecular complexity index is 402. The molecule has 19 heavy (non-hydrogen) atoms. The van der Waals surface area contributed by atoms with Crippen LogP contribution in [-0.2, 0) is 10.9 Å². The van der Waals surface area contributed by atoms with E-state index in [0.717, 1.165) is 12.8 Å². The summed E-state index contributed by atoms with van der Waals surface area (Å²) in [5, 5.41) is 0. The molecular formula is C12H16F3N3O. The van der Waals surface area contributed by atoms with Gasteiger partial charge in [-0.05, 0) is 30.9 Å². The van der Waals surface area contributed by atoms with Gasteiger partial charge in [0.25, 0.3) is 0 Å². The standard InChI is InChI=1S/C12H16F3N3O/c13-12(14,15)11-17-6-9(7-18-11)10(5-16)8-1-3-19-4-2-8/h6-8,10H,1-5,16H2/t10-/m1/s1. The molecule has 2 heterocycles. The fourth-order valence-electron chi connectivity index (χ4n) is 2.39. The van der Waals surface area contributed by atoms with Gasteiger partial charge in [-0.2, -0.15) is 13.2 Å². The molecule has 1 aromatic heterocycles. The van der Waals surface area contributed by atoms with Crippen molar-refractivity contribution in [1.29, 1.82) is 0 Å². The Morgan fingerprint density at radius 1 is 1.26 bits per heavy atom. The van der Waals surface area contributed by atoms with E-state index in [2.05, 4.69) is 9.97 Å². The van der Waals surface area contributed by atoms with Gasteiger partial charge in [0.05, 0.1) is 0 Å². The number of hydrogen-bond acceptors (Lipinski definition) is 4. The summed E-state index contributed by atoms with van der Waals surface area (Å²) in [4.78, 5) is 6.78. The molecule has 0 aromatic carbocycles. The van der Waals surface area contributed by atoms with E-state index in [1.165, 1.54) is 12.4 Å². The fraction of sp³-hybridized carbons (Fsp3) is 0.667. The molecule has 4 nitrogen and oxygen atoms in total. The third-order valence-corrected chi connectivity index (χ3v) is 3.44. The number of halogens is 3. The van der Waals surface area contributed by atoms with E-state index in [-0.39, 0.29) is 5.92 Å². The molecule has 0 saturated carbocycles. The Kier molecular flexibility index (Phi) is 4.36. The van der Waals surface area contributed by atoms with E-state index in [9.17, 15) is 13.2 Å². The lowest BCUT2D eigenvalue weighted by molar-refractivity contribution is -0.145. The van der Waals surface area contributed by atoms with Crippen LogP contribution >= 0.6 is 0 Å². The molecule has 1 aliphatic rings. The van der Waals surface area contributed by atoms with Crippen molar-refractivity contribution in [2.75, 3.05) is 19.8 Å². The summed E-state index contributed by atoms with van der Waals surface area (Å²) in [5.41, 5.74) is 6.41. The number of nitrogens with two attached hydrogens (primary N) is 1. The second-order valence-corrected chi connectivity index (χ2v) is 4.63. The minimum atomic E-state index is -4.50. The summed E-state index contributed by atoms with van der Waals surface area (Å²) in [6, 6.07) is 0. The lowest BCUT2D eigenvalue weighted by Gasteiger charge is -2.29. The molecule has 2 rings (SSSR count). The molecule has 1 aliphatic heterocycles. The van der Waals surface area contributed by atoms with Crippen LogP contribution in [0.25, 0.3) is 0 Å². The zero-order valence-corrected chi connectivity index (χ0v) is 10.4. The van der Waals surface area contributed by atoms with Crippen molar-refractivity contribution >= 4 is 0 Å². The summed E-state index contributed by atoms with van der Waals surface area (Å²) >= 11 is 0. The summed E-state index contributed by atoms with van der Waals surface area (Å²) < 4.78 is 42.4. The first-order valence-corrected chi connectivity index (χ1v) is 6.19. The number of rotatable bonds is 3. The number of hydrogen-bond donors (Lipinski definition) is 1. The molecule has 1 fully saturated rings. The molecule has 1 saturated heterocycles. The van der Waals surface area contributed by atoms with Crippen LogP contribution in [0.5, 0.6) is 0 Å². The predicted molar refractivity (Wildman–Crippen MR) is 62.4 cm³/mol. The Hall–Kier alpha value is -1.21. The summed E-state index contributed by atoms with van der Waals surface area (Å²) in [7, 11) is 0. The van der Waals surface area contributed by atoms with E-state index in [4.69, 9.17) is 10.5 Å². The Labute approximate surface area is 109 Å². The molecule has 2 N–H and O–H groups in total.